The highest BCUT2D eigenvalue weighted by molar-refractivity contribution is 5.79. The van der Waals surface area contributed by atoms with Gasteiger partial charge < -0.3 is 16.0 Å². The van der Waals surface area contributed by atoms with Crippen LogP contribution in [0, 0.1) is 5.92 Å². The van der Waals surface area contributed by atoms with Gasteiger partial charge in [-0.25, -0.2) is 0 Å². The van der Waals surface area contributed by atoms with E-state index in [4.69, 9.17) is 5.73 Å². The Hall–Kier alpha value is -3.60. The van der Waals surface area contributed by atoms with E-state index in [1.54, 1.807) is 6.20 Å². The molecule has 1 saturated carbocycles. The maximum absolute atomic E-state index is 6.32. The number of benzene rings is 1. The first-order valence-corrected chi connectivity index (χ1v) is 11.4. The molecule has 162 valence electrons. The zero-order valence-electron chi connectivity index (χ0n) is 18.3. The molecule has 0 unspecified atom stereocenters. The van der Waals surface area contributed by atoms with Crippen LogP contribution in [0.25, 0.3) is 22.0 Å². The monoisotopic (exact) mass is 423 g/mol. The minimum Gasteiger partial charge on any atom is -0.398 e. The van der Waals surface area contributed by atoms with Crippen LogP contribution in [0.15, 0.2) is 73.5 Å². The molecular formula is C27H29N5. The molecule has 1 aromatic carbocycles. The number of pyridine rings is 2. The van der Waals surface area contributed by atoms with Gasteiger partial charge in [-0.15, -0.1) is 0 Å². The van der Waals surface area contributed by atoms with Gasteiger partial charge in [0.05, 0.1) is 11.9 Å². The molecular weight excluding hydrogens is 394 g/mol. The van der Waals surface area contributed by atoms with E-state index >= 15 is 0 Å². The average Bonchev–Trinajstić information content (AvgIpc) is 3.24. The van der Waals surface area contributed by atoms with Crippen molar-refractivity contribution >= 4 is 22.3 Å². The lowest BCUT2D eigenvalue weighted by Gasteiger charge is -2.24. The minimum absolute atomic E-state index is 0.557. The highest BCUT2D eigenvalue weighted by Gasteiger charge is 2.16. The Kier molecular flexibility index (Phi) is 5.63. The molecule has 1 aliphatic carbocycles. The van der Waals surface area contributed by atoms with Gasteiger partial charge in [0.25, 0.3) is 0 Å². The van der Waals surface area contributed by atoms with Gasteiger partial charge in [0.1, 0.15) is 0 Å². The number of anilines is 2. The Morgan fingerprint density at radius 2 is 1.88 bits per heavy atom. The van der Waals surface area contributed by atoms with Gasteiger partial charge in [0.2, 0.25) is 0 Å². The summed E-state index contributed by atoms with van der Waals surface area (Å²) in [7, 11) is 0. The predicted molar refractivity (Wildman–Crippen MR) is 132 cm³/mol. The van der Waals surface area contributed by atoms with E-state index in [0.717, 1.165) is 56.8 Å². The first kappa shape index (κ1) is 20.3. The third kappa shape index (κ3) is 4.37. The number of aromatic amines is 1. The van der Waals surface area contributed by atoms with E-state index in [2.05, 4.69) is 51.1 Å². The fraction of sp³-hybridized carbons (Fsp3) is 0.259. The molecule has 0 radical (unpaired) electrons. The third-order valence-corrected chi connectivity index (χ3v) is 6.48. The minimum atomic E-state index is 0.557. The van der Waals surface area contributed by atoms with Crippen LogP contribution in [0.4, 0.5) is 11.4 Å². The largest absolute Gasteiger partial charge is 0.398 e. The smallest absolute Gasteiger partial charge is 0.0574 e. The van der Waals surface area contributed by atoms with Gasteiger partial charge in [-0.2, -0.15) is 0 Å². The van der Waals surface area contributed by atoms with E-state index in [9.17, 15) is 0 Å². The van der Waals surface area contributed by atoms with Gasteiger partial charge in [0, 0.05) is 58.6 Å². The van der Waals surface area contributed by atoms with Crippen LogP contribution in [-0.2, 0) is 6.42 Å². The van der Waals surface area contributed by atoms with Crippen LogP contribution in [-0.4, -0.2) is 15.0 Å². The summed E-state index contributed by atoms with van der Waals surface area (Å²) in [5.74, 6) is 0.557. The molecule has 5 nitrogen and oxygen atoms in total. The second-order valence-corrected chi connectivity index (χ2v) is 8.80. The molecule has 4 N–H and O–H groups in total. The highest BCUT2D eigenvalue weighted by atomic mass is 14.9. The maximum atomic E-state index is 6.32. The summed E-state index contributed by atoms with van der Waals surface area (Å²) in [6.07, 6.45) is 14.6. The standard InChI is InChI=1S/C27H29N5/c1-18(19-5-3-2-4-6-19)31-25-13-22(15-30-17-25)20-7-8-26(28)21(11-20)12-24-14-23-16-29-10-9-27(23)32-24/h7-11,13-17,19,31-32H,1-6,12,28H2. The Morgan fingerprint density at radius 3 is 2.72 bits per heavy atom. The quantitative estimate of drug-likeness (QED) is 0.318. The van der Waals surface area contributed by atoms with Crippen LogP contribution in [0.5, 0.6) is 0 Å². The van der Waals surface area contributed by atoms with E-state index in [0.29, 0.717) is 5.92 Å². The van der Waals surface area contributed by atoms with Crippen LogP contribution in [0.2, 0.25) is 0 Å². The van der Waals surface area contributed by atoms with E-state index in [1.807, 2.05) is 30.7 Å². The third-order valence-electron chi connectivity index (χ3n) is 6.48. The number of fused-ring (bicyclic) bond motifs is 1. The number of nitrogens with two attached hydrogens (primary N) is 1. The summed E-state index contributed by atoms with van der Waals surface area (Å²) in [6.45, 7) is 4.30. The van der Waals surface area contributed by atoms with Crippen molar-refractivity contribution in [2.45, 2.75) is 38.5 Å². The van der Waals surface area contributed by atoms with E-state index in [1.165, 1.54) is 32.1 Å². The van der Waals surface area contributed by atoms with E-state index < -0.39 is 0 Å². The number of nitrogens with zero attached hydrogens (tertiary/aromatic N) is 2. The van der Waals surface area contributed by atoms with Crippen molar-refractivity contribution in [3.63, 3.8) is 0 Å². The van der Waals surface area contributed by atoms with Gasteiger partial charge in [0.15, 0.2) is 0 Å². The molecule has 0 spiro atoms. The summed E-state index contributed by atoms with van der Waals surface area (Å²) in [5, 5.41) is 4.62. The average molecular weight is 424 g/mol. The number of hydrogen-bond acceptors (Lipinski definition) is 4. The lowest BCUT2D eigenvalue weighted by atomic mass is 9.87. The molecule has 5 rings (SSSR count). The van der Waals surface area contributed by atoms with Crippen molar-refractivity contribution in [2.75, 3.05) is 11.1 Å². The highest BCUT2D eigenvalue weighted by Crippen LogP contribution is 2.31. The summed E-state index contributed by atoms with van der Waals surface area (Å²) < 4.78 is 0. The molecule has 1 fully saturated rings. The number of nitrogen functional groups attached to an aromatic ring is 1. The first-order chi connectivity index (χ1) is 15.7. The van der Waals surface area contributed by atoms with Crippen molar-refractivity contribution < 1.29 is 0 Å². The summed E-state index contributed by atoms with van der Waals surface area (Å²) >= 11 is 0. The number of rotatable bonds is 6. The first-order valence-electron chi connectivity index (χ1n) is 11.4. The molecule has 1 aliphatic rings. The van der Waals surface area contributed by atoms with Crippen molar-refractivity contribution in [1.29, 1.82) is 0 Å². The topological polar surface area (TPSA) is 79.6 Å². The number of hydrogen-bond donors (Lipinski definition) is 3. The number of H-pyrrole nitrogens is 1. The van der Waals surface area contributed by atoms with Crippen LogP contribution in [0.3, 0.4) is 0 Å². The SMILES string of the molecule is C=C(Nc1cncc(-c2ccc(N)c(Cc3cc4cnccc4[nH]3)c2)c1)C1CCCCC1. The Morgan fingerprint density at radius 1 is 1.00 bits per heavy atom. The molecule has 3 heterocycles. The lowest BCUT2D eigenvalue weighted by molar-refractivity contribution is 0.405. The summed E-state index contributed by atoms with van der Waals surface area (Å²) in [5.41, 5.74) is 14.7. The second kappa shape index (κ2) is 8.87. The Bertz CT molecular complexity index is 1220. The van der Waals surface area contributed by atoms with Crippen molar-refractivity contribution in [3.05, 3.63) is 84.7 Å². The zero-order valence-corrected chi connectivity index (χ0v) is 18.3. The summed E-state index contributed by atoms with van der Waals surface area (Å²) in [6, 6.07) is 12.5. The summed E-state index contributed by atoms with van der Waals surface area (Å²) in [4.78, 5) is 12.1. The fourth-order valence-electron chi connectivity index (χ4n) is 4.68. The van der Waals surface area contributed by atoms with Crippen molar-refractivity contribution in [2.24, 2.45) is 5.92 Å². The molecule has 0 amide bonds. The van der Waals surface area contributed by atoms with Crippen molar-refractivity contribution in [3.8, 4) is 11.1 Å². The molecule has 0 aliphatic heterocycles. The number of allylic oxidation sites excluding steroid dienone is 1. The fourth-order valence-corrected chi connectivity index (χ4v) is 4.68. The Labute approximate surface area is 188 Å². The molecule has 0 atom stereocenters. The molecule has 4 aromatic rings. The molecule has 5 heteroatoms. The normalized spacial score (nSPS) is 14.5. The van der Waals surface area contributed by atoms with Crippen molar-refractivity contribution in [1.82, 2.24) is 15.0 Å². The zero-order chi connectivity index (χ0) is 21.9. The molecule has 0 bridgehead atoms. The molecule has 32 heavy (non-hydrogen) atoms. The van der Waals surface area contributed by atoms with Crippen LogP contribution in [0.1, 0.15) is 43.4 Å². The van der Waals surface area contributed by atoms with Gasteiger partial charge in [-0.3, -0.25) is 9.97 Å². The van der Waals surface area contributed by atoms with Crippen LogP contribution >= 0.6 is 0 Å². The second-order valence-electron chi connectivity index (χ2n) is 8.80. The number of nitrogens with one attached hydrogen (secondary N) is 2. The molecule has 3 aromatic heterocycles. The lowest BCUT2D eigenvalue weighted by Crippen LogP contribution is -2.14. The predicted octanol–water partition coefficient (Wildman–Crippen LogP) is 6.30. The van der Waals surface area contributed by atoms with Crippen LogP contribution < -0.4 is 11.1 Å². The number of aromatic nitrogens is 3. The van der Waals surface area contributed by atoms with Gasteiger partial charge in [-0.05, 0) is 60.2 Å². The van der Waals surface area contributed by atoms with Gasteiger partial charge >= 0.3 is 0 Å². The maximum Gasteiger partial charge on any atom is 0.0574 e. The molecule has 0 saturated heterocycles. The van der Waals surface area contributed by atoms with Gasteiger partial charge in [-0.1, -0.05) is 31.9 Å². The Balaban J connectivity index is 1.36. The van der Waals surface area contributed by atoms with E-state index in [-0.39, 0.29) is 0 Å².